The maximum atomic E-state index is 14.2. The first-order valence-electron chi connectivity index (χ1n) is 6.54. The summed E-state index contributed by atoms with van der Waals surface area (Å²) < 4.78 is 24.4. The second kappa shape index (κ2) is 6.56. The van der Waals surface area contributed by atoms with E-state index in [1.807, 2.05) is 25.1 Å². The third-order valence-electron chi connectivity index (χ3n) is 3.47. The molecule has 0 aliphatic rings. The van der Waals surface area contributed by atoms with Crippen molar-refractivity contribution in [3.8, 4) is 11.5 Å². The van der Waals surface area contributed by atoms with E-state index in [0.717, 1.165) is 16.9 Å². The second-order valence-electron chi connectivity index (χ2n) is 4.71. The number of halogens is 1. The van der Waals surface area contributed by atoms with Gasteiger partial charge in [-0.1, -0.05) is 12.1 Å². The molecule has 2 aromatic carbocycles. The monoisotopic (exact) mass is 290 g/mol. The van der Waals surface area contributed by atoms with Crippen LogP contribution < -0.4 is 20.7 Å². The van der Waals surface area contributed by atoms with Crippen molar-refractivity contribution < 1.29 is 13.9 Å². The fraction of sp³-hybridized carbons (Fsp3) is 0.250. The Labute approximate surface area is 123 Å². The van der Waals surface area contributed by atoms with E-state index in [1.165, 1.54) is 13.2 Å². The van der Waals surface area contributed by atoms with Gasteiger partial charge in [0.15, 0.2) is 0 Å². The number of rotatable bonds is 5. The SMILES string of the molecule is COc1ccc(C(NN)c2ccc(OC)cc2F)c(C)c1. The molecule has 0 aliphatic heterocycles. The van der Waals surface area contributed by atoms with Crippen LogP contribution in [0.5, 0.6) is 11.5 Å². The highest BCUT2D eigenvalue weighted by molar-refractivity contribution is 5.42. The standard InChI is InChI=1S/C16H19FN2O2/c1-10-8-11(20-2)4-6-13(10)16(19-18)14-7-5-12(21-3)9-15(14)17/h4-9,16,19H,18H2,1-3H3. The lowest BCUT2D eigenvalue weighted by Crippen LogP contribution is -2.30. The Morgan fingerprint density at radius 2 is 1.57 bits per heavy atom. The van der Waals surface area contributed by atoms with E-state index in [2.05, 4.69) is 5.43 Å². The zero-order chi connectivity index (χ0) is 15.4. The lowest BCUT2D eigenvalue weighted by atomic mass is 9.95. The van der Waals surface area contributed by atoms with Crippen LogP contribution in [0.4, 0.5) is 4.39 Å². The van der Waals surface area contributed by atoms with Gasteiger partial charge in [0.05, 0.1) is 20.3 Å². The predicted molar refractivity (Wildman–Crippen MR) is 79.8 cm³/mol. The molecule has 0 saturated carbocycles. The molecule has 1 atom stereocenters. The fourth-order valence-electron chi connectivity index (χ4n) is 2.32. The van der Waals surface area contributed by atoms with Crippen LogP contribution in [0.3, 0.4) is 0 Å². The minimum absolute atomic E-state index is 0.368. The van der Waals surface area contributed by atoms with Gasteiger partial charge in [0.25, 0.3) is 0 Å². The van der Waals surface area contributed by atoms with Crippen molar-refractivity contribution in [1.29, 1.82) is 0 Å². The fourth-order valence-corrected chi connectivity index (χ4v) is 2.32. The zero-order valence-corrected chi connectivity index (χ0v) is 12.3. The van der Waals surface area contributed by atoms with Crippen molar-refractivity contribution in [3.63, 3.8) is 0 Å². The van der Waals surface area contributed by atoms with Crippen molar-refractivity contribution in [3.05, 3.63) is 58.9 Å². The highest BCUT2D eigenvalue weighted by Gasteiger charge is 2.19. The molecule has 2 aromatic rings. The van der Waals surface area contributed by atoms with Crippen molar-refractivity contribution in [2.75, 3.05) is 14.2 Å². The van der Waals surface area contributed by atoms with E-state index in [-0.39, 0.29) is 5.82 Å². The summed E-state index contributed by atoms with van der Waals surface area (Å²) in [6.45, 7) is 1.93. The molecule has 21 heavy (non-hydrogen) atoms. The number of hydrogen-bond donors (Lipinski definition) is 2. The number of hydrazine groups is 1. The van der Waals surface area contributed by atoms with Gasteiger partial charge in [0.1, 0.15) is 17.3 Å². The van der Waals surface area contributed by atoms with Gasteiger partial charge in [-0.3, -0.25) is 5.84 Å². The molecule has 1 unspecified atom stereocenters. The zero-order valence-electron chi connectivity index (χ0n) is 12.3. The van der Waals surface area contributed by atoms with Crippen LogP contribution in [0.2, 0.25) is 0 Å². The van der Waals surface area contributed by atoms with Crippen LogP contribution in [0.15, 0.2) is 36.4 Å². The van der Waals surface area contributed by atoms with Gasteiger partial charge in [-0.25, -0.2) is 9.82 Å². The maximum absolute atomic E-state index is 14.2. The topological polar surface area (TPSA) is 56.5 Å². The van der Waals surface area contributed by atoms with E-state index < -0.39 is 6.04 Å². The van der Waals surface area contributed by atoms with Gasteiger partial charge in [0, 0.05) is 11.6 Å². The summed E-state index contributed by atoms with van der Waals surface area (Å²) in [7, 11) is 3.11. The highest BCUT2D eigenvalue weighted by Crippen LogP contribution is 2.30. The Bertz CT molecular complexity index is 578. The average molecular weight is 290 g/mol. The molecule has 0 spiro atoms. The molecular weight excluding hydrogens is 271 g/mol. The van der Waals surface area contributed by atoms with Crippen molar-refractivity contribution in [2.45, 2.75) is 13.0 Å². The summed E-state index contributed by atoms with van der Waals surface area (Å²) in [5.74, 6) is 6.49. The summed E-state index contributed by atoms with van der Waals surface area (Å²) in [6.07, 6.45) is 0. The quantitative estimate of drug-likeness (QED) is 0.656. The van der Waals surface area contributed by atoms with Crippen molar-refractivity contribution in [2.24, 2.45) is 5.84 Å². The minimum atomic E-state index is -0.443. The molecule has 112 valence electrons. The van der Waals surface area contributed by atoms with Crippen molar-refractivity contribution in [1.82, 2.24) is 5.43 Å². The van der Waals surface area contributed by atoms with E-state index >= 15 is 0 Å². The molecule has 0 saturated heterocycles. The Morgan fingerprint density at radius 1 is 1.00 bits per heavy atom. The van der Waals surface area contributed by atoms with Crippen LogP contribution >= 0.6 is 0 Å². The molecule has 0 heterocycles. The molecule has 4 nitrogen and oxygen atoms in total. The average Bonchev–Trinajstić information content (AvgIpc) is 2.50. The molecular formula is C16H19FN2O2. The second-order valence-corrected chi connectivity index (χ2v) is 4.71. The summed E-state index contributed by atoms with van der Waals surface area (Å²) in [6, 6.07) is 9.88. The van der Waals surface area contributed by atoms with E-state index in [1.54, 1.807) is 19.2 Å². The molecule has 0 amide bonds. The van der Waals surface area contributed by atoms with Gasteiger partial charge in [-0.05, 0) is 36.2 Å². The number of aryl methyl sites for hydroxylation is 1. The number of methoxy groups -OCH3 is 2. The van der Waals surface area contributed by atoms with E-state index in [0.29, 0.717) is 11.3 Å². The summed E-state index contributed by atoms with van der Waals surface area (Å²) >= 11 is 0. The normalized spacial score (nSPS) is 12.0. The molecule has 5 heteroatoms. The number of ether oxygens (including phenoxy) is 2. The maximum Gasteiger partial charge on any atom is 0.132 e. The van der Waals surface area contributed by atoms with Crippen LogP contribution in [-0.4, -0.2) is 14.2 Å². The third-order valence-corrected chi connectivity index (χ3v) is 3.47. The predicted octanol–water partition coefficient (Wildman–Crippen LogP) is 2.70. The minimum Gasteiger partial charge on any atom is -0.497 e. The molecule has 2 rings (SSSR count). The van der Waals surface area contributed by atoms with E-state index in [4.69, 9.17) is 15.3 Å². The number of nitrogens with two attached hydrogens (primary N) is 1. The summed E-state index contributed by atoms with van der Waals surface area (Å²) in [5, 5.41) is 0. The summed E-state index contributed by atoms with van der Waals surface area (Å²) in [4.78, 5) is 0. The third kappa shape index (κ3) is 3.15. The Balaban J connectivity index is 2.44. The Kier molecular flexibility index (Phi) is 4.77. The van der Waals surface area contributed by atoms with Crippen LogP contribution in [-0.2, 0) is 0 Å². The van der Waals surface area contributed by atoms with Gasteiger partial charge >= 0.3 is 0 Å². The van der Waals surface area contributed by atoms with Crippen molar-refractivity contribution >= 4 is 0 Å². The van der Waals surface area contributed by atoms with Gasteiger partial charge in [0.2, 0.25) is 0 Å². The van der Waals surface area contributed by atoms with Crippen LogP contribution in [0.25, 0.3) is 0 Å². The van der Waals surface area contributed by atoms with Crippen LogP contribution in [0.1, 0.15) is 22.7 Å². The van der Waals surface area contributed by atoms with Crippen LogP contribution in [0, 0.1) is 12.7 Å². The molecule has 0 fully saturated rings. The lowest BCUT2D eigenvalue weighted by Gasteiger charge is -2.20. The first-order chi connectivity index (χ1) is 10.1. The van der Waals surface area contributed by atoms with Gasteiger partial charge in [-0.2, -0.15) is 0 Å². The highest BCUT2D eigenvalue weighted by atomic mass is 19.1. The number of nitrogens with one attached hydrogen (secondary N) is 1. The Morgan fingerprint density at radius 3 is 2.05 bits per heavy atom. The lowest BCUT2D eigenvalue weighted by molar-refractivity contribution is 0.410. The molecule has 0 aromatic heterocycles. The van der Waals surface area contributed by atoms with E-state index in [9.17, 15) is 4.39 Å². The first kappa shape index (κ1) is 15.3. The van der Waals surface area contributed by atoms with Gasteiger partial charge < -0.3 is 9.47 Å². The number of benzene rings is 2. The summed E-state index contributed by atoms with van der Waals surface area (Å²) in [5.41, 5.74) is 4.99. The molecule has 3 N–H and O–H groups in total. The first-order valence-corrected chi connectivity index (χ1v) is 6.54. The molecule has 0 aliphatic carbocycles. The smallest absolute Gasteiger partial charge is 0.132 e. The Hall–Kier alpha value is -2.11. The molecule has 0 radical (unpaired) electrons. The molecule has 0 bridgehead atoms. The largest absolute Gasteiger partial charge is 0.497 e. The van der Waals surface area contributed by atoms with Gasteiger partial charge in [-0.15, -0.1) is 0 Å². The number of hydrogen-bond acceptors (Lipinski definition) is 4.